The third-order valence-corrected chi connectivity index (χ3v) is 2.77. The first-order valence-electron chi connectivity index (χ1n) is 4.87. The van der Waals surface area contributed by atoms with Gasteiger partial charge in [-0.3, -0.25) is 4.68 Å². The van der Waals surface area contributed by atoms with Crippen LogP contribution in [0.5, 0.6) is 0 Å². The average Bonchev–Trinajstić information content (AvgIpc) is 2.41. The lowest BCUT2D eigenvalue weighted by molar-refractivity contribution is 0.550. The summed E-state index contributed by atoms with van der Waals surface area (Å²) in [4.78, 5) is 0. The van der Waals surface area contributed by atoms with Gasteiger partial charge in [-0.1, -0.05) is 13.3 Å². The fraction of sp³-hybridized carbons (Fsp3) is 0.667. The van der Waals surface area contributed by atoms with E-state index in [0.29, 0.717) is 11.3 Å². The molecule has 0 atom stereocenters. The summed E-state index contributed by atoms with van der Waals surface area (Å²) >= 11 is 0. The van der Waals surface area contributed by atoms with E-state index in [1.54, 1.807) is 17.8 Å². The largest absolute Gasteiger partial charge is 0.306 e. The Hall–Kier alpha value is -0.910. The number of hydrogen-bond acceptors (Lipinski definition) is 3. The van der Waals surface area contributed by atoms with Crippen molar-refractivity contribution in [3.63, 3.8) is 0 Å². The van der Waals surface area contributed by atoms with Crippen LogP contribution in [0.15, 0.2) is 6.20 Å². The van der Waals surface area contributed by atoms with Crippen molar-refractivity contribution >= 4 is 10.2 Å². The maximum Gasteiger partial charge on any atom is 0.306 e. The van der Waals surface area contributed by atoms with Crippen molar-refractivity contribution in [1.29, 1.82) is 0 Å². The van der Waals surface area contributed by atoms with Gasteiger partial charge in [0.1, 0.15) is 5.75 Å². The maximum absolute atomic E-state index is 12.5. The lowest BCUT2D eigenvalue weighted by Gasteiger charge is -1.97. The highest BCUT2D eigenvalue weighted by Gasteiger charge is 2.13. The molecule has 0 aliphatic carbocycles. The third-order valence-electron chi connectivity index (χ3n) is 2.12. The van der Waals surface area contributed by atoms with Crippen LogP contribution in [0.3, 0.4) is 0 Å². The fourth-order valence-corrected chi connectivity index (χ4v) is 1.98. The molecule has 0 bridgehead atoms. The Morgan fingerprint density at radius 3 is 2.73 bits per heavy atom. The molecule has 0 fully saturated rings. The topological polar surface area (TPSA) is 52.0 Å². The molecule has 1 heterocycles. The molecule has 1 aromatic rings. The van der Waals surface area contributed by atoms with Crippen LogP contribution in [0.1, 0.15) is 31.0 Å². The molecular weight excluding hydrogens is 219 g/mol. The summed E-state index contributed by atoms with van der Waals surface area (Å²) in [6.45, 7) is 4.48. The van der Waals surface area contributed by atoms with Gasteiger partial charge < -0.3 is 0 Å². The first-order valence-corrected chi connectivity index (χ1v) is 6.43. The van der Waals surface area contributed by atoms with Gasteiger partial charge in [-0.05, 0) is 13.3 Å². The quantitative estimate of drug-likeness (QED) is 0.730. The lowest BCUT2D eigenvalue weighted by Crippen LogP contribution is -1.98. The van der Waals surface area contributed by atoms with Gasteiger partial charge in [0.25, 0.3) is 0 Å². The van der Waals surface area contributed by atoms with Crippen LogP contribution in [0.2, 0.25) is 0 Å². The van der Waals surface area contributed by atoms with E-state index < -0.39 is 16.0 Å². The Morgan fingerprint density at radius 2 is 2.20 bits per heavy atom. The normalized spacial score (nSPS) is 11.9. The van der Waals surface area contributed by atoms with Gasteiger partial charge in [0.2, 0.25) is 0 Å². The first-order chi connectivity index (χ1) is 6.92. The second-order valence-electron chi connectivity index (χ2n) is 3.54. The van der Waals surface area contributed by atoms with Gasteiger partial charge in [-0.25, -0.2) is 0 Å². The van der Waals surface area contributed by atoms with Crippen LogP contribution < -0.4 is 0 Å². The molecule has 1 rings (SSSR count). The SMILES string of the molecule is CCCCn1cc(CS(=O)(=O)F)c(C)n1. The lowest BCUT2D eigenvalue weighted by atomic mass is 10.3. The van der Waals surface area contributed by atoms with Gasteiger partial charge >= 0.3 is 10.2 Å². The van der Waals surface area contributed by atoms with Crippen LogP contribution in [0.4, 0.5) is 3.89 Å². The molecule has 0 amide bonds. The Labute approximate surface area is 89.3 Å². The molecule has 6 heteroatoms. The molecule has 0 saturated heterocycles. The van der Waals surface area contributed by atoms with Crippen LogP contribution in [-0.4, -0.2) is 18.2 Å². The number of aromatic nitrogens is 2. The number of hydrogen-bond donors (Lipinski definition) is 0. The van der Waals surface area contributed by atoms with Crippen molar-refractivity contribution in [3.8, 4) is 0 Å². The van der Waals surface area contributed by atoms with E-state index in [1.165, 1.54) is 0 Å². The summed E-state index contributed by atoms with van der Waals surface area (Å²) in [6, 6.07) is 0. The molecule has 15 heavy (non-hydrogen) atoms. The summed E-state index contributed by atoms with van der Waals surface area (Å²) < 4.78 is 35.1. The Morgan fingerprint density at radius 1 is 1.53 bits per heavy atom. The van der Waals surface area contributed by atoms with Crippen molar-refractivity contribution in [3.05, 3.63) is 17.5 Å². The maximum atomic E-state index is 12.5. The van der Waals surface area contributed by atoms with Gasteiger partial charge in [-0.15, -0.1) is 3.89 Å². The van der Waals surface area contributed by atoms with Gasteiger partial charge in [0, 0.05) is 18.3 Å². The minimum absolute atomic E-state index is 0.439. The number of nitrogens with zero attached hydrogens (tertiary/aromatic N) is 2. The van der Waals surface area contributed by atoms with E-state index in [1.807, 2.05) is 0 Å². The van der Waals surface area contributed by atoms with Crippen LogP contribution in [-0.2, 0) is 22.5 Å². The zero-order valence-corrected chi connectivity index (χ0v) is 9.72. The molecule has 0 spiro atoms. The zero-order chi connectivity index (χ0) is 11.5. The molecule has 0 aliphatic heterocycles. The number of unbranched alkanes of at least 4 members (excludes halogenated alkanes) is 1. The molecule has 0 N–H and O–H groups in total. The second-order valence-corrected chi connectivity index (χ2v) is 4.91. The monoisotopic (exact) mass is 234 g/mol. The van der Waals surface area contributed by atoms with E-state index in [0.717, 1.165) is 19.4 Å². The molecule has 86 valence electrons. The van der Waals surface area contributed by atoms with Crippen LogP contribution >= 0.6 is 0 Å². The number of aryl methyl sites for hydroxylation is 2. The van der Waals surface area contributed by atoms with Crippen molar-refractivity contribution < 1.29 is 12.3 Å². The highest BCUT2D eigenvalue weighted by molar-refractivity contribution is 7.85. The van der Waals surface area contributed by atoms with Crippen LogP contribution in [0.25, 0.3) is 0 Å². The summed E-state index contributed by atoms with van der Waals surface area (Å²) in [5.74, 6) is -0.578. The van der Waals surface area contributed by atoms with E-state index in [9.17, 15) is 12.3 Å². The van der Waals surface area contributed by atoms with Gasteiger partial charge in [0.15, 0.2) is 0 Å². The summed E-state index contributed by atoms with van der Waals surface area (Å²) in [6.07, 6.45) is 3.61. The Balaban J connectivity index is 2.77. The first kappa shape index (κ1) is 12.2. The van der Waals surface area contributed by atoms with E-state index >= 15 is 0 Å². The molecule has 0 aliphatic rings. The second kappa shape index (κ2) is 4.74. The van der Waals surface area contributed by atoms with Crippen molar-refractivity contribution in [2.45, 2.75) is 39.0 Å². The van der Waals surface area contributed by atoms with Crippen LogP contribution in [0, 0.1) is 6.92 Å². The minimum Gasteiger partial charge on any atom is -0.272 e. The molecule has 0 saturated carbocycles. The number of rotatable bonds is 5. The zero-order valence-electron chi connectivity index (χ0n) is 8.90. The average molecular weight is 234 g/mol. The fourth-order valence-electron chi connectivity index (χ4n) is 1.32. The predicted octanol–water partition coefficient (Wildman–Crippen LogP) is 1.79. The van der Waals surface area contributed by atoms with E-state index in [4.69, 9.17) is 0 Å². The standard InChI is InChI=1S/C9H15FN2O2S/c1-3-4-5-12-6-9(8(2)11-12)7-15(10,13)14/h6H,3-5,7H2,1-2H3. The smallest absolute Gasteiger partial charge is 0.272 e. The van der Waals surface area contributed by atoms with Crippen molar-refractivity contribution in [2.24, 2.45) is 0 Å². The number of halogens is 1. The van der Waals surface area contributed by atoms with E-state index in [2.05, 4.69) is 12.0 Å². The molecule has 0 unspecified atom stereocenters. The minimum atomic E-state index is -4.46. The highest BCUT2D eigenvalue weighted by Crippen LogP contribution is 2.11. The predicted molar refractivity (Wildman–Crippen MR) is 55.6 cm³/mol. The van der Waals surface area contributed by atoms with Gasteiger partial charge in [0.05, 0.1) is 5.69 Å². The Kier molecular flexibility index (Phi) is 3.84. The highest BCUT2D eigenvalue weighted by atomic mass is 32.3. The van der Waals surface area contributed by atoms with Gasteiger partial charge in [-0.2, -0.15) is 13.5 Å². The third kappa shape index (κ3) is 3.99. The summed E-state index contributed by atoms with van der Waals surface area (Å²) in [7, 11) is -4.46. The Bertz CT molecular complexity index is 425. The summed E-state index contributed by atoms with van der Waals surface area (Å²) in [5, 5.41) is 4.12. The van der Waals surface area contributed by atoms with Crippen molar-refractivity contribution in [2.75, 3.05) is 0 Å². The van der Waals surface area contributed by atoms with E-state index in [-0.39, 0.29) is 0 Å². The molecular formula is C9H15FN2O2S. The summed E-state index contributed by atoms with van der Waals surface area (Å²) in [5.41, 5.74) is 1.01. The van der Waals surface area contributed by atoms with Crippen molar-refractivity contribution in [1.82, 2.24) is 9.78 Å². The molecule has 1 aromatic heterocycles. The molecule has 4 nitrogen and oxygen atoms in total. The molecule has 0 aromatic carbocycles. The molecule has 0 radical (unpaired) electrons.